The Morgan fingerprint density at radius 1 is 0.946 bits per heavy atom. The number of benzene rings is 4. The molecule has 0 radical (unpaired) electrons. The van der Waals surface area contributed by atoms with Crippen molar-refractivity contribution in [3.05, 3.63) is 136 Å². The second-order valence-corrected chi connectivity index (χ2v) is 8.67. The van der Waals surface area contributed by atoms with E-state index in [0.29, 0.717) is 35.0 Å². The normalized spacial score (nSPS) is 14.2. The third-order valence-electron chi connectivity index (χ3n) is 6.23. The molecule has 0 fully saturated rings. The van der Waals surface area contributed by atoms with Crippen LogP contribution in [0, 0.1) is 18.3 Å². The highest BCUT2D eigenvalue weighted by Gasteiger charge is 2.31. The van der Waals surface area contributed by atoms with Crippen LogP contribution in [0.15, 0.2) is 109 Å². The van der Waals surface area contributed by atoms with Gasteiger partial charge in [-0.3, -0.25) is 0 Å². The van der Waals surface area contributed by atoms with E-state index in [4.69, 9.17) is 19.9 Å². The van der Waals surface area contributed by atoms with Crippen LogP contribution in [0.5, 0.6) is 17.2 Å². The number of esters is 1. The summed E-state index contributed by atoms with van der Waals surface area (Å²) in [5, 5.41) is 9.85. The predicted octanol–water partition coefficient (Wildman–Crippen LogP) is 6.01. The van der Waals surface area contributed by atoms with Crippen molar-refractivity contribution in [1.82, 2.24) is 0 Å². The molecule has 1 heterocycles. The molecule has 37 heavy (non-hydrogen) atoms. The van der Waals surface area contributed by atoms with Gasteiger partial charge in [0.2, 0.25) is 5.88 Å². The molecular formula is C31H24N2O4. The Kier molecular flexibility index (Phi) is 6.60. The van der Waals surface area contributed by atoms with Crippen LogP contribution >= 0.6 is 0 Å². The molecule has 4 aromatic rings. The highest BCUT2D eigenvalue weighted by atomic mass is 16.5. The molecule has 1 aliphatic rings. The summed E-state index contributed by atoms with van der Waals surface area (Å²) in [7, 11) is 0. The Morgan fingerprint density at radius 2 is 1.65 bits per heavy atom. The molecule has 182 valence electrons. The van der Waals surface area contributed by atoms with Crippen molar-refractivity contribution in [2.75, 3.05) is 0 Å². The SMILES string of the molecule is Cc1ccccc1C(=O)Oc1ccc2c(c1)OC(N)=C(C#N)C2c1ccc(OCc2ccccc2)cc1. The van der Waals surface area contributed by atoms with Crippen LogP contribution in [0.2, 0.25) is 0 Å². The van der Waals surface area contributed by atoms with E-state index >= 15 is 0 Å². The van der Waals surface area contributed by atoms with Gasteiger partial charge in [-0.25, -0.2) is 4.79 Å². The summed E-state index contributed by atoms with van der Waals surface area (Å²) >= 11 is 0. The quantitative estimate of drug-likeness (QED) is 0.264. The molecule has 0 saturated carbocycles. The first kappa shape index (κ1) is 23.7. The van der Waals surface area contributed by atoms with Crippen molar-refractivity contribution < 1.29 is 19.0 Å². The molecule has 1 unspecified atom stereocenters. The maximum Gasteiger partial charge on any atom is 0.343 e. The number of nitrogens with zero attached hydrogens (tertiary/aromatic N) is 1. The van der Waals surface area contributed by atoms with E-state index in [9.17, 15) is 10.1 Å². The first-order valence-corrected chi connectivity index (χ1v) is 11.8. The summed E-state index contributed by atoms with van der Waals surface area (Å²) in [6, 6.07) is 32.0. The average Bonchev–Trinajstić information content (AvgIpc) is 2.92. The summed E-state index contributed by atoms with van der Waals surface area (Å²) in [5.74, 6) is 0.598. The molecule has 2 N–H and O–H groups in total. The van der Waals surface area contributed by atoms with Crippen LogP contribution < -0.4 is 19.9 Å². The van der Waals surface area contributed by atoms with Crippen LogP contribution in [0.3, 0.4) is 0 Å². The lowest BCUT2D eigenvalue weighted by molar-refractivity contribution is 0.0733. The smallest absolute Gasteiger partial charge is 0.343 e. The zero-order valence-electron chi connectivity index (χ0n) is 20.2. The molecule has 4 aromatic carbocycles. The molecule has 0 amide bonds. The van der Waals surface area contributed by atoms with Crippen molar-refractivity contribution in [3.63, 3.8) is 0 Å². The molecule has 6 heteroatoms. The Hall–Kier alpha value is -5.02. The number of carbonyl (C=O) groups is 1. The van der Waals surface area contributed by atoms with Crippen LogP contribution in [0.25, 0.3) is 0 Å². The topological polar surface area (TPSA) is 94.6 Å². The van der Waals surface area contributed by atoms with E-state index < -0.39 is 11.9 Å². The molecule has 1 atom stereocenters. The van der Waals surface area contributed by atoms with Crippen LogP contribution in [0.4, 0.5) is 0 Å². The van der Waals surface area contributed by atoms with Gasteiger partial charge in [-0.15, -0.1) is 0 Å². The minimum absolute atomic E-state index is 0.0202. The zero-order chi connectivity index (χ0) is 25.8. The minimum atomic E-state index is -0.460. The van der Waals surface area contributed by atoms with Crippen molar-refractivity contribution in [1.29, 1.82) is 5.26 Å². The van der Waals surface area contributed by atoms with Gasteiger partial charge in [0.1, 0.15) is 35.5 Å². The largest absolute Gasteiger partial charge is 0.489 e. The summed E-state index contributed by atoms with van der Waals surface area (Å²) in [4.78, 5) is 12.7. The third-order valence-corrected chi connectivity index (χ3v) is 6.23. The van der Waals surface area contributed by atoms with Crippen LogP contribution in [-0.2, 0) is 6.61 Å². The fourth-order valence-electron chi connectivity index (χ4n) is 4.30. The van der Waals surface area contributed by atoms with Gasteiger partial charge in [0.25, 0.3) is 0 Å². The van der Waals surface area contributed by atoms with Crippen molar-refractivity contribution in [2.24, 2.45) is 5.73 Å². The van der Waals surface area contributed by atoms with Gasteiger partial charge in [-0.1, -0.05) is 66.7 Å². The number of allylic oxidation sites excluding steroid dienone is 1. The van der Waals surface area contributed by atoms with E-state index in [2.05, 4.69) is 6.07 Å². The lowest BCUT2D eigenvalue weighted by Crippen LogP contribution is -2.21. The molecule has 0 saturated heterocycles. The fourth-order valence-corrected chi connectivity index (χ4v) is 4.30. The second-order valence-electron chi connectivity index (χ2n) is 8.67. The summed E-state index contributed by atoms with van der Waals surface area (Å²) in [6.45, 7) is 2.31. The molecule has 0 aromatic heterocycles. The predicted molar refractivity (Wildman–Crippen MR) is 139 cm³/mol. The number of carbonyl (C=O) groups excluding carboxylic acids is 1. The van der Waals surface area contributed by atoms with Gasteiger partial charge in [-0.05, 0) is 47.9 Å². The Morgan fingerprint density at radius 3 is 2.38 bits per heavy atom. The lowest BCUT2D eigenvalue weighted by Gasteiger charge is -2.27. The number of fused-ring (bicyclic) bond motifs is 1. The maximum atomic E-state index is 12.7. The zero-order valence-corrected chi connectivity index (χ0v) is 20.2. The number of nitrogens with two attached hydrogens (primary N) is 1. The van der Waals surface area contributed by atoms with E-state index in [-0.39, 0.29) is 5.88 Å². The minimum Gasteiger partial charge on any atom is -0.489 e. The maximum absolute atomic E-state index is 12.7. The molecule has 0 spiro atoms. The van der Waals surface area contributed by atoms with Gasteiger partial charge in [0.05, 0.1) is 11.5 Å². The van der Waals surface area contributed by atoms with E-state index in [1.165, 1.54) is 0 Å². The second kappa shape index (κ2) is 10.3. The third kappa shape index (κ3) is 5.02. The number of aryl methyl sites for hydroxylation is 1. The number of rotatable bonds is 6. The number of ether oxygens (including phenoxy) is 3. The summed E-state index contributed by atoms with van der Waals surface area (Å²) in [6.07, 6.45) is 0. The van der Waals surface area contributed by atoms with Crippen molar-refractivity contribution in [3.8, 4) is 23.3 Å². The van der Waals surface area contributed by atoms with Crippen molar-refractivity contribution >= 4 is 5.97 Å². The Balaban J connectivity index is 1.39. The average molecular weight is 489 g/mol. The van der Waals surface area contributed by atoms with Crippen molar-refractivity contribution in [2.45, 2.75) is 19.4 Å². The standard InChI is InChI=1S/C31H24N2O4/c1-20-7-5-6-10-25(20)31(34)36-24-15-16-26-28(17-24)37-30(33)27(18-32)29(26)22-11-13-23(14-12-22)35-19-21-8-3-2-4-9-21/h2-17,29H,19,33H2,1H3. The van der Waals surface area contributed by atoms with Crippen LogP contribution in [-0.4, -0.2) is 5.97 Å². The number of hydrogen-bond acceptors (Lipinski definition) is 6. The molecule has 6 nitrogen and oxygen atoms in total. The first-order valence-electron chi connectivity index (χ1n) is 11.8. The molecule has 0 bridgehead atoms. The molecule has 1 aliphatic heterocycles. The fraction of sp³-hybridized carbons (Fsp3) is 0.0968. The van der Waals surface area contributed by atoms with Gasteiger partial charge in [0.15, 0.2) is 0 Å². The Labute approximate surface area is 215 Å². The van der Waals surface area contributed by atoms with E-state index in [1.54, 1.807) is 30.3 Å². The first-order chi connectivity index (χ1) is 18.0. The highest BCUT2D eigenvalue weighted by molar-refractivity contribution is 5.92. The molecule has 0 aliphatic carbocycles. The van der Waals surface area contributed by atoms with Gasteiger partial charge in [0, 0.05) is 11.6 Å². The van der Waals surface area contributed by atoms with Gasteiger partial charge in [-0.2, -0.15) is 5.26 Å². The summed E-state index contributed by atoms with van der Waals surface area (Å²) in [5.41, 5.74) is 10.4. The van der Waals surface area contributed by atoms with Gasteiger partial charge < -0.3 is 19.9 Å². The molecular weight excluding hydrogens is 464 g/mol. The summed E-state index contributed by atoms with van der Waals surface area (Å²) < 4.78 is 17.3. The Bertz CT molecular complexity index is 1520. The van der Waals surface area contributed by atoms with Crippen LogP contribution in [0.1, 0.15) is 38.5 Å². The van der Waals surface area contributed by atoms with Gasteiger partial charge >= 0.3 is 5.97 Å². The van der Waals surface area contributed by atoms with E-state index in [0.717, 1.165) is 22.3 Å². The van der Waals surface area contributed by atoms with E-state index in [1.807, 2.05) is 73.7 Å². The monoisotopic (exact) mass is 488 g/mol. The number of hydrogen-bond donors (Lipinski definition) is 1. The number of nitriles is 1. The lowest BCUT2D eigenvalue weighted by atomic mass is 9.83. The molecule has 5 rings (SSSR count). The highest BCUT2D eigenvalue weighted by Crippen LogP contribution is 2.43.